The molecule has 0 bridgehead atoms. The molecule has 0 fully saturated rings. The molecule has 0 saturated carbocycles. The molecule has 0 aliphatic rings. The van der Waals surface area contributed by atoms with Gasteiger partial charge in [0.25, 0.3) is 0 Å². The number of halogens is 1. The van der Waals surface area contributed by atoms with Crippen molar-refractivity contribution in [1.82, 2.24) is 0 Å². The number of rotatable bonds is 4. The van der Waals surface area contributed by atoms with Gasteiger partial charge in [0.1, 0.15) is 5.82 Å². The molecule has 24 heavy (non-hydrogen) atoms. The van der Waals surface area contributed by atoms with Gasteiger partial charge in [-0.1, -0.05) is 79.2 Å². The molecule has 0 atom stereocenters. The van der Waals surface area contributed by atoms with Crippen LogP contribution in [0.4, 0.5) is 4.39 Å². The van der Waals surface area contributed by atoms with Crippen molar-refractivity contribution in [3.8, 4) is 0 Å². The normalized spacial score (nSPS) is 12.0. The van der Waals surface area contributed by atoms with Gasteiger partial charge < -0.3 is 0 Å². The molecule has 0 aromatic heterocycles. The molecule has 0 aliphatic heterocycles. The molecule has 120 valence electrons. The molecule has 0 spiro atoms. The Kier molecular flexibility index (Phi) is 4.90. The van der Waals surface area contributed by atoms with Crippen molar-refractivity contribution in [1.29, 1.82) is 0 Å². The van der Waals surface area contributed by atoms with Gasteiger partial charge in [0.2, 0.25) is 0 Å². The van der Waals surface area contributed by atoms with E-state index in [1.807, 2.05) is 30.3 Å². The fourth-order valence-electron chi connectivity index (χ4n) is 3.02. The quantitative estimate of drug-likeness (QED) is 0.482. The van der Waals surface area contributed by atoms with Gasteiger partial charge in [-0.3, -0.25) is 0 Å². The molecule has 0 amide bonds. The third-order valence-corrected chi connectivity index (χ3v) is 4.25. The van der Waals surface area contributed by atoms with Crippen LogP contribution < -0.4 is 0 Å². The highest BCUT2D eigenvalue weighted by Crippen LogP contribution is 2.34. The Morgan fingerprint density at radius 2 is 1.25 bits per heavy atom. The fraction of sp³-hybridized carbons (Fsp3) is 0.130. The van der Waals surface area contributed by atoms with E-state index in [4.69, 9.17) is 0 Å². The highest BCUT2D eigenvalue weighted by atomic mass is 19.1. The van der Waals surface area contributed by atoms with E-state index in [0.717, 1.165) is 17.5 Å². The van der Waals surface area contributed by atoms with E-state index in [1.54, 1.807) is 0 Å². The summed E-state index contributed by atoms with van der Waals surface area (Å²) in [5.74, 6) is -0.209. The summed E-state index contributed by atoms with van der Waals surface area (Å²) in [5.41, 5.74) is 7.10. The topological polar surface area (TPSA) is 0 Å². The van der Waals surface area contributed by atoms with Crippen molar-refractivity contribution >= 4 is 11.1 Å². The van der Waals surface area contributed by atoms with Crippen molar-refractivity contribution in [2.24, 2.45) is 0 Å². The third-order valence-electron chi connectivity index (χ3n) is 4.25. The van der Waals surface area contributed by atoms with Gasteiger partial charge in [-0.2, -0.15) is 0 Å². The van der Waals surface area contributed by atoms with Gasteiger partial charge in [-0.15, -0.1) is 0 Å². The molecule has 3 aromatic rings. The average Bonchev–Trinajstić information content (AvgIpc) is 2.62. The fourth-order valence-corrected chi connectivity index (χ4v) is 3.02. The lowest BCUT2D eigenvalue weighted by Gasteiger charge is -2.16. The molecule has 0 N–H and O–H groups in total. The Morgan fingerprint density at radius 3 is 1.83 bits per heavy atom. The molecule has 0 aliphatic carbocycles. The lowest BCUT2D eigenvalue weighted by Crippen LogP contribution is -1.95. The molecule has 0 nitrogen and oxygen atoms in total. The summed E-state index contributed by atoms with van der Waals surface area (Å²) >= 11 is 0. The van der Waals surface area contributed by atoms with Crippen LogP contribution in [0, 0.1) is 12.7 Å². The standard InChI is InChI=1S/C23H21F/c1-3-22(18-11-9-17(2)10-12-18)23(19-7-5-4-6-8-19)20-13-15-21(24)16-14-20/h4-16H,3H2,1-2H3/b23-22+. The molecule has 0 radical (unpaired) electrons. The molecule has 0 saturated heterocycles. The maximum Gasteiger partial charge on any atom is 0.123 e. The Morgan fingerprint density at radius 1 is 0.708 bits per heavy atom. The van der Waals surface area contributed by atoms with Crippen molar-refractivity contribution < 1.29 is 4.39 Å². The minimum Gasteiger partial charge on any atom is -0.207 e. The van der Waals surface area contributed by atoms with Crippen molar-refractivity contribution in [2.75, 3.05) is 0 Å². The smallest absolute Gasteiger partial charge is 0.123 e. The van der Waals surface area contributed by atoms with Crippen LogP contribution in [0.2, 0.25) is 0 Å². The molecular weight excluding hydrogens is 295 g/mol. The Labute approximate surface area is 143 Å². The van der Waals surface area contributed by atoms with Gasteiger partial charge in [-0.25, -0.2) is 4.39 Å². The first-order chi connectivity index (χ1) is 11.7. The molecule has 3 aromatic carbocycles. The first-order valence-electron chi connectivity index (χ1n) is 8.30. The molecule has 3 rings (SSSR count). The van der Waals surface area contributed by atoms with Crippen LogP contribution in [-0.4, -0.2) is 0 Å². The second-order valence-electron chi connectivity index (χ2n) is 5.95. The zero-order chi connectivity index (χ0) is 16.9. The van der Waals surface area contributed by atoms with Gasteiger partial charge in [0, 0.05) is 0 Å². The van der Waals surface area contributed by atoms with Crippen LogP contribution >= 0.6 is 0 Å². The van der Waals surface area contributed by atoms with Gasteiger partial charge in [0.15, 0.2) is 0 Å². The second-order valence-corrected chi connectivity index (χ2v) is 5.95. The lowest BCUT2D eigenvalue weighted by molar-refractivity contribution is 0.627. The minimum absolute atomic E-state index is 0.209. The zero-order valence-corrected chi connectivity index (χ0v) is 14.1. The highest BCUT2D eigenvalue weighted by Gasteiger charge is 2.12. The SMILES string of the molecule is CC/C(=C(/c1ccccc1)c1ccc(F)cc1)c1ccc(C)cc1. The number of hydrogen-bond donors (Lipinski definition) is 0. The van der Waals surface area contributed by atoms with E-state index in [9.17, 15) is 4.39 Å². The Bertz CT molecular complexity index is 825. The zero-order valence-electron chi connectivity index (χ0n) is 14.1. The van der Waals surface area contributed by atoms with Crippen molar-refractivity contribution in [2.45, 2.75) is 20.3 Å². The minimum atomic E-state index is -0.209. The predicted octanol–water partition coefficient (Wildman–Crippen LogP) is 6.50. The molecular formula is C23H21F. The van der Waals surface area contributed by atoms with Crippen LogP contribution in [0.3, 0.4) is 0 Å². The predicted molar refractivity (Wildman–Crippen MR) is 100 cm³/mol. The lowest BCUT2D eigenvalue weighted by atomic mass is 9.88. The highest BCUT2D eigenvalue weighted by molar-refractivity contribution is 5.98. The molecule has 1 heteroatoms. The van der Waals surface area contributed by atoms with Crippen LogP contribution in [0.5, 0.6) is 0 Å². The van der Waals surface area contributed by atoms with Crippen LogP contribution in [-0.2, 0) is 0 Å². The summed E-state index contributed by atoms with van der Waals surface area (Å²) in [6.07, 6.45) is 0.907. The summed E-state index contributed by atoms with van der Waals surface area (Å²) in [6, 6.07) is 25.7. The van der Waals surface area contributed by atoms with Crippen LogP contribution in [0.15, 0.2) is 78.9 Å². The molecule has 0 heterocycles. The van der Waals surface area contributed by atoms with Crippen LogP contribution in [0.25, 0.3) is 11.1 Å². The first kappa shape index (κ1) is 16.2. The van der Waals surface area contributed by atoms with Crippen LogP contribution in [0.1, 0.15) is 35.6 Å². The van der Waals surface area contributed by atoms with E-state index in [-0.39, 0.29) is 5.82 Å². The Hall–Kier alpha value is -2.67. The van der Waals surface area contributed by atoms with E-state index in [0.29, 0.717) is 0 Å². The van der Waals surface area contributed by atoms with E-state index in [1.165, 1.54) is 34.4 Å². The van der Waals surface area contributed by atoms with E-state index in [2.05, 4.69) is 50.2 Å². The average molecular weight is 316 g/mol. The summed E-state index contributed by atoms with van der Waals surface area (Å²) in [5, 5.41) is 0. The van der Waals surface area contributed by atoms with Gasteiger partial charge in [0.05, 0.1) is 0 Å². The monoisotopic (exact) mass is 316 g/mol. The number of allylic oxidation sites excluding steroid dienone is 1. The third kappa shape index (κ3) is 3.46. The summed E-state index contributed by atoms with van der Waals surface area (Å²) < 4.78 is 13.4. The van der Waals surface area contributed by atoms with Gasteiger partial charge >= 0.3 is 0 Å². The maximum absolute atomic E-state index is 13.4. The maximum atomic E-state index is 13.4. The number of benzene rings is 3. The van der Waals surface area contributed by atoms with Crippen molar-refractivity contribution in [3.63, 3.8) is 0 Å². The molecule has 0 unspecified atom stereocenters. The summed E-state index contributed by atoms with van der Waals surface area (Å²) in [7, 11) is 0. The number of aryl methyl sites for hydroxylation is 1. The number of hydrogen-bond acceptors (Lipinski definition) is 0. The Balaban J connectivity index is 2.25. The largest absolute Gasteiger partial charge is 0.207 e. The summed E-state index contributed by atoms with van der Waals surface area (Å²) in [6.45, 7) is 4.26. The van der Waals surface area contributed by atoms with Gasteiger partial charge in [-0.05, 0) is 53.3 Å². The first-order valence-corrected chi connectivity index (χ1v) is 8.30. The summed E-state index contributed by atoms with van der Waals surface area (Å²) in [4.78, 5) is 0. The van der Waals surface area contributed by atoms with E-state index < -0.39 is 0 Å². The van der Waals surface area contributed by atoms with Crippen molar-refractivity contribution in [3.05, 3.63) is 107 Å². The van der Waals surface area contributed by atoms with E-state index >= 15 is 0 Å². The second kappa shape index (κ2) is 7.27.